The molecule has 1 aliphatic heterocycles. The molecule has 1 N–H and O–H groups in total. The van der Waals surface area contributed by atoms with Gasteiger partial charge in [0.2, 0.25) is 5.82 Å². The summed E-state index contributed by atoms with van der Waals surface area (Å²) in [5.74, 6) is -2.57. The average Bonchev–Trinajstić information content (AvgIpc) is 2.85. The lowest BCUT2D eigenvalue weighted by atomic mass is 9.89. The Balaban J connectivity index is 1.51. The first-order valence-corrected chi connectivity index (χ1v) is 11.3. The van der Waals surface area contributed by atoms with Gasteiger partial charge in [-0.3, -0.25) is 0 Å². The van der Waals surface area contributed by atoms with Crippen LogP contribution in [0.15, 0.2) is 67.3 Å². The summed E-state index contributed by atoms with van der Waals surface area (Å²) in [5, 5.41) is 9.67. The molecule has 1 saturated heterocycles. The molecule has 6 heteroatoms. The van der Waals surface area contributed by atoms with Gasteiger partial charge in [-0.1, -0.05) is 49.1 Å². The Morgan fingerprint density at radius 1 is 1.00 bits per heavy atom. The van der Waals surface area contributed by atoms with Crippen LogP contribution in [0.25, 0.3) is 22.3 Å². The first kappa shape index (κ1) is 24.0. The van der Waals surface area contributed by atoms with Crippen LogP contribution in [-0.2, 0) is 4.74 Å². The van der Waals surface area contributed by atoms with Crippen LogP contribution in [0.1, 0.15) is 31.2 Å². The molecule has 1 aliphatic rings. The minimum atomic E-state index is -1.05. The summed E-state index contributed by atoms with van der Waals surface area (Å²) in [4.78, 5) is 0. The fourth-order valence-corrected chi connectivity index (χ4v) is 4.29. The smallest absolute Gasteiger partial charge is 0.201 e. The van der Waals surface area contributed by atoms with Crippen LogP contribution in [0.5, 0.6) is 5.75 Å². The topological polar surface area (TPSA) is 38.7 Å². The number of aliphatic hydroxyl groups is 1. The highest BCUT2D eigenvalue weighted by Gasteiger charge is 2.27. The molecule has 3 atom stereocenters. The lowest BCUT2D eigenvalue weighted by molar-refractivity contribution is -0.0625. The van der Waals surface area contributed by atoms with E-state index in [1.165, 1.54) is 24.3 Å². The van der Waals surface area contributed by atoms with Gasteiger partial charge in [-0.25, -0.2) is 8.78 Å². The summed E-state index contributed by atoms with van der Waals surface area (Å²) in [6.45, 7) is 5.64. The Morgan fingerprint density at radius 3 is 2.32 bits per heavy atom. The van der Waals surface area contributed by atoms with Crippen molar-refractivity contribution in [1.29, 1.82) is 0 Å². The van der Waals surface area contributed by atoms with Crippen molar-refractivity contribution < 1.29 is 27.8 Å². The fourth-order valence-electron chi connectivity index (χ4n) is 4.29. The number of benzene rings is 3. The van der Waals surface area contributed by atoms with Crippen LogP contribution < -0.4 is 4.74 Å². The summed E-state index contributed by atoms with van der Waals surface area (Å²) in [6, 6.07) is 14.8. The van der Waals surface area contributed by atoms with Crippen molar-refractivity contribution >= 4 is 0 Å². The summed E-state index contributed by atoms with van der Waals surface area (Å²) >= 11 is 0. The molecule has 0 bridgehead atoms. The maximum absolute atomic E-state index is 14.9. The maximum atomic E-state index is 14.9. The molecule has 0 spiro atoms. The predicted molar refractivity (Wildman–Crippen MR) is 126 cm³/mol. The summed E-state index contributed by atoms with van der Waals surface area (Å²) in [6.07, 6.45) is 2.15. The van der Waals surface area contributed by atoms with Crippen molar-refractivity contribution in [2.45, 2.75) is 37.9 Å². The van der Waals surface area contributed by atoms with E-state index in [1.807, 2.05) is 6.07 Å². The van der Waals surface area contributed by atoms with E-state index in [0.29, 0.717) is 29.7 Å². The molecule has 0 aliphatic carbocycles. The first-order valence-electron chi connectivity index (χ1n) is 11.3. The van der Waals surface area contributed by atoms with Gasteiger partial charge in [0.1, 0.15) is 12.4 Å². The van der Waals surface area contributed by atoms with Crippen LogP contribution in [0.2, 0.25) is 0 Å². The molecule has 0 aromatic heterocycles. The lowest BCUT2D eigenvalue weighted by Crippen LogP contribution is -2.33. The van der Waals surface area contributed by atoms with Crippen molar-refractivity contribution in [3.05, 3.63) is 90.3 Å². The molecule has 0 radical (unpaired) electrons. The molecule has 3 aromatic rings. The Morgan fingerprint density at radius 2 is 1.71 bits per heavy atom. The molecule has 3 nitrogen and oxygen atoms in total. The number of hydrogen-bond donors (Lipinski definition) is 1. The zero-order valence-corrected chi connectivity index (χ0v) is 18.9. The van der Waals surface area contributed by atoms with Crippen molar-refractivity contribution in [3.8, 4) is 28.0 Å². The third-order valence-corrected chi connectivity index (χ3v) is 6.22. The zero-order chi connectivity index (χ0) is 24.2. The zero-order valence-electron chi connectivity index (χ0n) is 18.9. The van der Waals surface area contributed by atoms with Crippen LogP contribution >= 0.6 is 0 Å². The Labute approximate surface area is 197 Å². The Bertz CT molecular complexity index is 1150. The monoisotopic (exact) mass is 468 g/mol. The number of rotatable bonds is 7. The highest BCUT2D eigenvalue weighted by molar-refractivity contribution is 5.71. The molecule has 178 valence electrons. The number of hydrogen-bond acceptors (Lipinski definition) is 3. The first-order chi connectivity index (χ1) is 16.4. The second-order valence-electron chi connectivity index (χ2n) is 8.54. The van der Waals surface area contributed by atoms with E-state index in [2.05, 4.69) is 6.58 Å². The van der Waals surface area contributed by atoms with Crippen molar-refractivity contribution in [2.75, 3.05) is 13.2 Å². The average molecular weight is 469 g/mol. The number of aliphatic hydroxyl groups excluding tert-OH is 1. The SMILES string of the molecule is C=CCOc1ccc(-c2ccc(-c3ccc(C4CCC(C(C)O)OC4)c(F)c3)cc2)c(F)c1F. The van der Waals surface area contributed by atoms with Crippen molar-refractivity contribution in [2.24, 2.45) is 0 Å². The van der Waals surface area contributed by atoms with Gasteiger partial charge in [-0.2, -0.15) is 4.39 Å². The standard InChI is InChI=1S/C28H27F3O3/c1-3-14-33-26-13-11-23(27(30)28(26)31)19-6-4-18(5-7-19)20-8-10-22(24(29)15-20)21-9-12-25(17(2)32)34-16-21/h3-8,10-11,13,15,17,21,25,32H,1,9,12,14,16H2,2H3. The number of ether oxygens (including phenoxy) is 2. The molecular weight excluding hydrogens is 441 g/mol. The van der Waals surface area contributed by atoms with E-state index in [1.54, 1.807) is 37.3 Å². The van der Waals surface area contributed by atoms with Gasteiger partial charge in [0, 0.05) is 11.5 Å². The second kappa shape index (κ2) is 10.5. The molecule has 3 aromatic carbocycles. The van der Waals surface area contributed by atoms with E-state index in [-0.39, 0.29) is 35.8 Å². The quantitative estimate of drug-likeness (QED) is 0.395. The molecular formula is C28H27F3O3. The van der Waals surface area contributed by atoms with Gasteiger partial charge in [0.25, 0.3) is 0 Å². The van der Waals surface area contributed by atoms with Gasteiger partial charge in [0.05, 0.1) is 18.8 Å². The molecule has 0 saturated carbocycles. The van der Waals surface area contributed by atoms with E-state index >= 15 is 0 Å². The van der Waals surface area contributed by atoms with Crippen LogP contribution in [0, 0.1) is 17.5 Å². The minimum Gasteiger partial charge on any atom is -0.486 e. The molecule has 4 rings (SSSR count). The third kappa shape index (κ3) is 5.03. The van der Waals surface area contributed by atoms with Crippen LogP contribution in [0.3, 0.4) is 0 Å². The largest absolute Gasteiger partial charge is 0.486 e. The third-order valence-electron chi connectivity index (χ3n) is 6.22. The lowest BCUT2D eigenvalue weighted by Gasteiger charge is -2.31. The fraction of sp³-hybridized carbons (Fsp3) is 0.286. The molecule has 34 heavy (non-hydrogen) atoms. The summed E-state index contributed by atoms with van der Waals surface area (Å²) in [7, 11) is 0. The van der Waals surface area contributed by atoms with Gasteiger partial charge >= 0.3 is 0 Å². The van der Waals surface area contributed by atoms with Gasteiger partial charge < -0.3 is 14.6 Å². The molecule has 1 heterocycles. The highest BCUT2D eigenvalue weighted by Crippen LogP contribution is 2.34. The van der Waals surface area contributed by atoms with Gasteiger partial charge in [0.15, 0.2) is 11.6 Å². The van der Waals surface area contributed by atoms with E-state index in [4.69, 9.17) is 9.47 Å². The normalized spacial score (nSPS) is 19.0. The van der Waals surface area contributed by atoms with Crippen molar-refractivity contribution in [3.63, 3.8) is 0 Å². The molecule has 3 unspecified atom stereocenters. The molecule has 1 fully saturated rings. The Hall–Kier alpha value is -3.09. The van der Waals surface area contributed by atoms with Gasteiger partial charge in [-0.15, -0.1) is 0 Å². The second-order valence-corrected chi connectivity index (χ2v) is 8.54. The summed E-state index contributed by atoms with van der Waals surface area (Å²) in [5.41, 5.74) is 2.66. The van der Waals surface area contributed by atoms with Gasteiger partial charge in [-0.05, 0) is 60.2 Å². The van der Waals surface area contributed by atoms with Crippen LogP contribution in [-0.4, -0.2) is 30.5 Å². The maximum Gasteiger partial charge on any atom is 0.201 e. The van der Waals surface area contributed by atoms with E-state index in [9.17, 15) is 18.3 Å². The Kier molecular flexibility index (Phi) is 7.39. The number of halogens is 3. The minimum absolute atomic E-state index is 0.0530. The van der Waals surface area contributed by atoms with Crippen LogP contribution in [0.4, 0.5) is 13.2 Å². The molecule has 0 amide bonds. The van der Waals surface area contributed by atoms with E-state index in [0.717, 1.165) is 12.0 Å². The summed E-state index contributed by atoms with van der Waals surface area (Å²) < 4.78 is 54.6. The highest BCUT2D eigenvalue weighted by atomic mass is 19.2. The predicted octanol–water partition coefficient (Wildman–Crippen LogP) is 6.65. The van der Waals surface area contributed by atoms with Crippen molar-refractivity contribution in [1.82, 2.24) is 0 Å². The van der Waals surface area contributed by atoms with E-state index < -0.39 is 17.7 Å².